The van der Waals surface area contributed by atoms with Crippen LogP contribution < -0.4 is 10.2 Å². The fourth-order valence-electron chi connectivity index (χ4n) is 2.81. The van der Waals surface area contributed by atoms with Gasteiger partial charge >= 0.3 is 6.18 Å². The van der Waals surface area contributed by atoms with Crippen molar-refractivity contribution in [1.82, 2.24) is 15.3 Å². The molecule has 4 nitrogen and oxygen atoms in total. The van der Waals surface area contributed by atoms with Gasteiger partial charge in [0.05, 0.1) is 11.3 Å². The number of hydrogen-bond donors (Lipinski definition) is 1. The zero-order valence-electron chi connectivity index (χ0n) is 12.7. The molecular formula is C16H16F4N4. The van der Waals surface area contributed by atoms with Crippen LogP contribution in [0.1, 0.15) is 17.7 Å². The molecule has 3 rings (SSSR count). The highest BCUT2D eigenvalue weighted by atomic mass is 19.4. The quantitative estimate of drug-likeness (QED) is 0.869. The van der Waals surface area contributed by atoms with Crippen LogP contribution in [0.15, 0.2) is 36.7 Å². The Labute approximate surface area is 136 Å². The van der Waals surface area contributed by atoms with Crippen LogP contribution in [0.4, 0.5) is 23.4 Å². The second kappa shape index (κ2) is 6.72. The van der Waals surface area contributed by atoms with Gasteiger partial charge in [-0.2, -0.15) is 13.2 Å². The van der Waals surface area contributed by atoms with E-state index in [1.807, 2.05) is 0 Å². The Morgan fingerprint density at radius 1 is 1.17 bits per heavy atom. The van der Waals surface area contributed by atoms with Crippen molar-refractivity contribution in [2.24, 2.45) is 0 Å². The van der Waals surface area contributed by atoms with Crippen LogP contribution in [0.3, 0.4) is 0 Å². The molecule has 3 heterocycles. The van der Waals surface area contributed by atoms with E-state index in [0.29, 0.717) is 19.5 Å². The van der Waals surface area contributed by atoms with Crippen molar-refractivity contribution >= 4 is 5.82 Å². The molecular weight excluding hydrogens is 324 g/mol. The van der Waals surface area contributed by atoms with Crippen LogP contribution in [-0.4, -0.2) is 29.1 Å². The molecule has 24 heavy (non-hydrogen) atoms. The molecule has 8 heteroatoms. The van der Waals surface area contributed by atoms with Crippen LogP contribution in [0.25, 0.3) is 0 Å². The number of alkyl halides is 3. The third-order valence-electron chi connectivity index (χ3n) is 3.98. The molecule has 0 spiro atoms. The van der Waals surface area contributed by atoms with E-state index in [9.17, 15) is 17.6 Å². The second-order valence-electron chi connectivity index (χ2n) is 5.62. The summed E-state index contributed by atoms with van der Waals surface area (Å²) >= 11 is 0. The van der Waals surface area contributed by atoms with Crippen molar-refractivity contribution in [3.8, 4) is 0 Å². The number of aromatic nitrogens is 2. The summed E-state index contributed by atoms with van der Waals surface area (Å²) in [6.07, 6.45) is -0.868. The molecule has 1 saturated heterocycles. The van der Waals surface area contributed by atoms with Crippen molar-refractivity contribution in [1.29, 1.82) is 0 Å². The first-order valence-electron chi connectivity index (χ1n) is 7.55. The second-order valence-corrected chi connectivity index (χ2v) is 5.62. The molecule has 1 fully saturated rings. The van der Waals surface area contributed by atoms with Gasteiger partial charge in [0.1, 0.15) is 0 Å². The van der Waals surface area contributed by atoms with Crippen molar-refractivity contribution in [3.63, 3.8) is 0 Å². The normalized spacial score (nSPS) is 18.2. The van der Waals surface area contributed by atoms with Crippen LogP contribution in [-0.2, 0) is 12.7 Å². The summed E-state index contributed by atoms with van der Waals surface area (Å²) in [4.78, 5) is 9.64. The molecule has 128 valence electrons. The molecule has 0 radical (unpaired) electrons. The highest BCUT2D eigenvalue weighted by Gasteiger charge is 2.34. The lowest BCUT2D eigenvalue weighted by atomic mass is 10.1. The molecule has 0 amide bonds. The SMILES string of the molecule is Fc1cccnc1N1CC[C@@H](NCc2ncccc2C(F)(F)F)C1. The summed E-state index contributed by atoms with van der Waals surface area (Å²) in [5.74, 6) is -0.127. The van der Waals surface area contributed by atoms with Crippen LogP contribution in [0, 0.1) is 5.82 Å². The monoisotopic (exact) mass is 340 g/mol. The van der Waals surface area contributed by atoms with E-state index in [-0.39, 0.29) is 24.1 Å². The number of nitrogens with one attached hydrogen (secondary N) is 1. The molecule has 1 aliphatic rings. The summed E-state index contributed by atoms with van der Waals surface area (Å²) < 4.78 is 52.6. The fraction of sp³-hybridized carbons (Fsp3) is 0.375. The Balaban J connectivity index is 1.63. The lowest BCUT2D eigenvalue weighted by Gasteiger charge is -2.19. The molecule has 1 aliphatic heterocycles. The Bertz CT molecular complexity index is 704. The fourth-order valence-corrected chi connectivity index (χ4v) is 2.81. The van der Waals surface area contributed by atoms with Gasteiger partial charge in [0, 0.05) is 38.1 Å². The zero-order valence-corrected chi connectivity index (χ0v) is 12.7. The summed E-state index contributed by atoms with van der Waals surface area (Å²) in [7, 11) is 0. The van der Waals surface area contributed by atoms with E-state index in [1.165, 1.54) is 30.6 Å². The van der Waals surface area contributed by atoms with E-state index in [2.05, 4.69) is 15.3 Å². The Kier molecular flexibility index (Phi) is 4.66. The minimum atomic E-state index is -4.43. The molecule has 0 bridgehead atoms. The highest BCUT2D eigenvalue weighted by molar-refractivity contribution is 5.41. The molecule has 0 aliphatic carbocycles. The van der Waals surface area contributed by atoms with E-state index in [0.717, 1.165) is 6.07 Å². The summed E-state index contributed by atoms with van der Waals surface area (Å²) in [6.45, 7) is 1.10. The van der Waals surface area contributed by atoms with E-state index in [1.54, 1.807) is 4.90 Å². The average Bonchev–Trinajstić information content (AvgIpc) is 3.01. The predicted octanol–water partition coefficient (Wildman–Crippen LogP) is 3.00. The van der Waals surface area contributed by atoms with Crippen molar-refractivity contribution in [2.75, 3.05) is 18.0 Å². The first-order valence-corrected chi connectivity index (χ1v) is 7.55. The zero-order chi connectivity index (χ0) is 17.2. The first kappa shape index (κ1) is 16.6. The minimum Gasteiger partial charge on any atom is -0.353 e. The molecule has 1 atom stereocenters. The summed E-state index contributed by atoms with van der Waals surface area (Å²) in [5, 5.41) is 3.08. The van der Waals surface area contributed by atoms with Gasteiger partial charge in [0.25, 0.3) is 0 Å². The Morgan fingerprint density at radius 2 is 1.92 bits per heavy atom. The van der Waals surface area contributed by atoms with Gasteiger partial charge in [-0.05, 0) is 30.7 Å². The Morgan fingerprint density at radius 3 is 2.67 bits per heavy atom. The van der Waals surface area contributed by atoms with Gasteiger partial charge in [-0.25, -0.2) is 9.37 Å². The number of halogens is 4. The third kappa shape index (κ3) is 3.64. The standard InChI is InChI=1S/C16H16F4N4/c17-13-4-2-7-22-15(13)24-8-5-11(10-24)23-9-14-12(16(18,19)20)3-1-6-21-14/h1-4,6-7,11,23H,5,8-10H2/t11-/m1/s1. The van der Waals surface area contributed by atoms with E-state index >= 15 is 0 Å². The molecule has 2 aromatic heterocycles. The summed E-state index contributed by atoms with van der Waals surface area (Å²) in [5.41, 5.74) is -0.768. The lowest BCUT2D eigenvalue weighted by molar-refractivity contribution is -0.138. The number of hydrogen-bond acceptors (Lipinski definition) is 4. The maximum Gasteiger partial charge on any atom is 0.418 e. The van der Waals surface area contributed by atoms with Gasteiger partial charge in [0.15, 0.2) is 11.6 Å². The molecule has 1 N–H and O–H groups in total. The predicted molar refractivity (Wildman–Crippen MR) is 80.9 cm³/mol. The maximum absolute atomic E-state index is 13.7. The van der Waals surface area contributed by atoms with Gasteiger partial charge in [-0.3, -0.25) is 4.98 Å². The van der Waals surface area contributed by atoms with Crippen molar-refractivity contribution in [3.05, 3.63) is 53.7 Å². The van der Waals surface area contributed by atoms with Gasteiger partial charge in [-0.15, -0.1) is 0 Å². The number of pyridine rings is 2. The molecule has 0 aromatic carbocycles. The minimum absolute atomic E-state index is 0.0128. The number of anilines is 1. The number of nitrogens with zero attached hydrogens (tertiary/aromatic N) is 3. The topological polar surface area (TPSA) is 41.1 Å². The lowest BCUT2D eigenvalue weighted by Crippen LogP contribution is -2.33. The maximum atomic E-state index is 13.7. The highest BCUT2D eigenvalue weighted by Crippen LogP contribution is 2.31. The number of rotatable bonds is 4. The van der Waals surface area contributed by atoms with E-state index in [4.69, 9.17) is 0 Å². The largest absolute Gasteiger partial charge is 0.418 e. The summed E-state index contributed by atoms with van der Waals surface area (Å²) in [6, 6.07) is 5.10. The molecule has 0 saturated carbocycles. The Hall–Kier alpha value is -2.22. The van der Waals surface area contributed by atoms with Crippen molar-refractivity contribution < 1.29 is 17.6 Å². The van der Waals surface area contributed by atoms with E-state index < -0.39 is 17.6 Å². The van der Waals surface area contributed by atoms with Crippen LogP contribution >= 0.6 is 0 Å². The van der Waals surface area contributed by atoms with Crippen molar-refractivity contribution in [2.45, 2.75) is 25.2 Å². The van der Waals surface area contributed by atoms with Crippen LogP contribution in [0.5, 0.6) is 0 Å². The van der Waals surface area contributed by atoms with Gasteiger partial charge in [-0.1, -0.05) is 0 Å². The first-order chi connectivity index (χ1) is 11.4. The average molecular weight is 340 g/mol. The van der Waals surface area contributed by atoms with Gasteiger partial charge in [0.2, 0.25) is 0 Å². The third-order valence-corrected chi connectivity index (χ3v) is 3.98. The van der Waals surface area contributed by atoms with Gasteiger partial charge < -0.3 is 10.2 Å². The molecule has 2 aromatic rings. The smallest absolute Gasteiger partial charge is 0.353 e. The molecule has 0 unspecified atom stereocenters. The van der Waals surface area contributed by atoms with Crippen LogP contribution in [0.2, 0.25) is 0 Å².